The molecule has 0 aromatic heterocycles. The van der Waals surface area contributed by atoms with Gasteiger partial charge >= 0.3 is 5.51 Å². The van der Waals surface area contributed by atoms with Gasteiger partial charge in [0.05, 0.1) is 4.90 Å². The molecule has 0 heterocycles. The van der Waals surface area contributed by atoms with Crippen LogP contribution in [0.2, 0.25) is 0 Å². The maximum absolute atomic E-state index is 12.0. The molecule has 0 atom stereocenters. The molecule has 2 nitrogen and oxygen atoms in total. The summed E-state index contributed by atoms with van der Waals surface area (Å²) in [6, 6.07) is 3.83. The molecule has 0 spiro atoms. The molecule has 0 unspecified atom stereocenters. The number of hydrogen-bond donors (Lipinski definition) is 0. The van der Waals surface area contributed by atoms with Crippen LogP contribution in [0.3, 0.4) is 0 Å². The van der Waals surface area contributed by atoms with Crippen molar-refractivity contribution in [2.24, 2.45) is 0 Å². The van der Waals surface area contributed by atoms with E-state index in [-0.39, 0.29) is 5.56 Å². The molecular weight excluding hydrogens is 217 g/mol. The first kappa shape index (κ1) is 11.0. The number of hydrogen-bond acceptors (Lipinski definition) is 2. The lowest BCUT2D eigenvalue weighted by Gasteiger charge is -2.07. The summed E-state index contributed by atoms with van der Waals surface area (Å²) >= 11 is 0. The van der Waals surface area contributed by atoms with Crippen molar-refractivity contribution in [1.29, 1.82) is 0 Å². The number of alkyl halides is 3. The molecule has 0 saturated heterocycles. The van der Waals surface area contributed by atoms with Gasteiger partial charge in [-0.05, 0) is 24.6 Å². The van der Waals surface area contributed by atoms with Gasteiger partial charge in [-0.2, -0.15) is 13.2 Å². The van der Waals surface area contributed by atoms with Crippen molar-refractivity contribution in [2.75, 3.05) is 0 Å². The monoisotopic (exact) mass is 222 g/mol. The van der Waals surface area contributed by atoms with Crippen LogP contribution in [0.5, 0.6) is 0 Å². The van der Waals surface area contributed by atoms with Crippen LogP contribution in [-0.4, -0.2) is 13.9 Å². The van der Waals surface area contributed by atoms with Crippen molar-refractivity contribution < 1.29 is 21.6 Å². The zero-order valence-corrected chi connectivity index (χ0v) is 7.56. The van der Waals surface area contributed by atoms with E-state index in [9.17, 15) is 21.6 Å². The smallest absolute Gasteiger partial charge is 0.214 e. The Morgan fingerprint density at radius 2 is 1.50 bits per heavy atom. The van der Waals surface area contributed by atoms with Crippen LogP contribution in [0, 0.1) is 6.92 Å². The van der Waals surface area contributed by atoms with Crippen LogP contribution in [0.1, 0.15) is 5.56 Å². The average molecular weight is 222 g/mol. The third-order valence-electron chi connectivity index (χ3n) is 1.50. The lowest BCUT2D eigenvalue weighted by Crippen LogP contribution is -2.23. The molecule has 0 saturated carbocycles. The topological polar surface area (TPSA) is 34.1 Å². The van der Waals surface area contributed by atoms with E-state index >= 15 is 0 Å². The maximum Gasteiger partial charge on any atom is 0.501 e. The van der Waals surface area contributed by atoms with Crippen molar-refractivity contribution in [3.8, 4) is 0 Å². The van der Waals surface area contributed by atoms with Gasteiger partial charge in [-0.15, -0.1) is 0 Å². The van der Waals surface area contributed by atoms with E-state index in [4.69, 9.17) is 6.92 Å². The van der Waals surface area contributed by atoms with E-state index in [1.807, 2.05) is 0 Å². The molecule has 0 aliphatic heterocycles. The average Bonchev–Trinajstić information content (AvgIpc) is 2.03. The van der Waals surface area contributed by atoms with Crippen LogP contribution < -0.4 is 0 Å². The van der Waals surface area contributed by atoms with E-state index in [2.05, 4.69) is 0 Å². The molecule has 0 bridgehead atoms. The normalized spacial score (nSPS) is 12.9. The SMILES string of the molecule is [CH]c1ccc(S(=O)(=O)C(F)(F)F)cc1. The molecule has 2 radical (unpaired) electrons. The van der Waals surface area contributed by atoms with Gasteiger partial charge in [0.1, 0.15) is 0 Å². The summed E-state index contributed by atoms with van der Waals surface area (Å²) in [5, 5.41) is 0. The van der Waals surface area contributed by atoms with Crippen LogP contribution in [-0.2, 0) is 9.84 Å². The van der Waals surface area contributed by atoms with Crippen LogP contribution >= 0.6 is 0 Å². The van der Waals surface area contributed by atoms with Gasteiger partial charge in [-0.3, -0.25) is 0 Å². The zero-order chi connectivity index (χ0) is 11.0. The van der Waals surface area contributed by atoms with Crippen molar-refractivity contribution >= 4 is 9.84 Å². The van der Waals surface area contributed by atoms with Gasteiger partial charge in [0.2, 0.25) is 0 Å². The molecule has 0 aliphatic carbocycles. The summed E-state index contributed by atoms with van der Waals surface area (Å²) < 4.78 is 57.6. The number of sulfone groups is 1. The summed E-state index contributed by atoms with van der Waals surface area (Å²) in [7, 11) is -5.25. The minimum atomic E-state index is -5.27. The predicted octanol–water partition coefficient (Wildman–Crippen LogP) is 2.04. The first-order chi connectivity index (χ1) is 6.25. The Morgan fingerprint density at radius 3 is 1.86 bits per heavy atom. The molecule has 76 valence electrons. The highest BCUT2D eigenvalue weighted by Gasteiger charge is 2.46. The second kappa shape index (κ2) is 3.27. The molecule has 14 heavy (non-hydrogen) atoms. The van der Waals surface area contributed by atoms with Crippen LogP contribution in [0.4, 0.5) is 13.2 Å². The predicted molar refractivity (Wildman–Crippen MR) is 43.1 cm³/mol. The van der Waals surface area contributed by atoms with Crippen molar-refractivity contribution in [3.63, 3.8) is 0 Å². The van der Waals surface area contributed by atoms with Crippen molar-refractivity contribution in [1.82, 2.24) is 0 Å². The summed E-state index contributed by atoms with van der Waals surface area (Å²) in [6.07, 6.45) is 0. The molecule has 1 aromatic rings. The summed E-state index contributed by atoms with van der Waals surface area (Å²) in [5.74, 6) is 0. The summed E-state index contributed by atoms with van der Waals surface area (Å²) in [5.41, 5.74) is -5.07. The highest BCUT2D eigenvalue weighted by atomic mass is 32.2. The lowest BCUT2D eigenvalue weighted by atomic mass is 10.2. The largest absolute Gasteiger partial charge is 0.501 e. The molecule has 0 fully saturated rings. The van der Waals surface area contributed by atoms with Crippen molar-refractivity contribution in [2.45, 2.75) is 10.4 Å². The molecular formula is C8H5F3O2S. The molecule has 1 rings (SSSR count). The molecule has 0 aliphatic rings. The molecule has 1 aromatic carbocycles. The Bertz CT molecular complexity index is 417. The van der Waals surface area contributed by atoms with Gasteiger partial charge < -0.3 is 0 Å². The number of halogens is 3. The highest BCUT2D eigenvalue weighted by molar-refractivity contribution is 7.92. The first-order valence-corrected chi connectivity index (χ1v) is 4.90. The van der Waals surface area contributed by atoms with E-state index in [1.54, 1.807) is 0 Å². The fraction of sp³-hybridized carbons (Fsp3) is 0.125. The fourth-order valence-corrected chi connectivity index (χ4v) is 1.54. The third kappa shape index (κ3) is 1.89. The van der Waals surface area contributed by atoms with Gasteiger partial charge in [0, 0.05) is 0 Å². The third-order valence-corrected chi connectivity index (χ3v) is 3.00. The van der Waals surface area contributed by atoms with Gasteiger partial charge in [-0.1, -0.05) is 12.1 Å². The molecule has 6 heteroatoms. The van der Waals surface area contributed by atoms with E-state index in [0.29, 0.717) is 0 Å². The van der Waals surface area contributed by atoms with E-state index in [0.717, 1.165) is 24.3 Å². The van der Waals surface area contributed by atoms with Gasteiger partial charge in [0.15, 0.2) is 0 Å². The van der Waals surface area contributed by atoms with Gasteiger partial charge in [0.25, 0.3) is 9.84 Å². The Morgan fingerprint density at radius 1 is 1.07 bits per heavy atom. The Kier molecular flexibility index (Phi) is 2.58. The summed E-state index contributed by atoms with van der Waals surface area (Å²) in [6.45, 7) is 5.20. The highest BCUT2D eigenvalue weighted by Crippen LogP contribution is 2.29. The standard InChI is InChI=1S/C8H5F3O2S/c1-6-2-4-7(5-3-6)14(12,13)8(9,10)11/h1-5H. The maximum atomic E-state index is 12.0. The minimum Gasteiger partial charge on any atom is -0.214 e. The molecule has 0 N–H and O–H groups in total. The van der Waals surface area contributed by atoms with E-state index < -0.39 is 20.2 Å². The number of benzene rings is 1. The minimum absolute atomic E-state index is 0.200. The Balaban J connectivity index is 3.25. The van der Waals surface area contributed by atoms with E-state index in [1.165, 1.54) is 0 Å². The fourth-order valence-electron chi connectivity index (χ4n) is 0.781. The van der Waals surface area contributed by atoms with Crippen LogP contribution in [0.25, 0.3) is 0 Å². The van der Waals surface area contributed by atoms with Crippen molar-refractivity contribution in [3.05, 3.63) is 36.8 Å². The van der Waals surface area contributed by atoms with Crippen LogP contribution in [0.15, 0.2) is 29.2 Å². The second-order valence-corrected chi connectivity index (χ2v) is 4.46. The molecule has 0 amide bonds. The first-order valence-electron chi connectivity index (χ1n) is 3.42. The Labute approximate surface area is 79.3 Å². The Hall–Kier alpha value is -1.04. The lowest BCUT2D eigenvalue weighted by molar-refractivity contribution is -0.0436. The number of rotatable bonds is 1. The zero-order valence-electron chi connectivity index (χ0n) is 6.75. The summed E-state index contributed by atoms with van der Waals surface area (Å²) in [4.78, 5) is -0.806. The van der Waals surface area contributed by atoms with Gasteiger partial charge in [-0.25, -0.2) is 8.42 Å². The second-order valence-electron chi connectivity index (χ2n) is 2.52. The quantitative estimate of drug-likeness (QED) is 0.728.